The Bertz CT molecular complexity index is 1060. The molecule has 2 aromatic rings. The van der Waals surface area contributed by atoms with E-state index in [1.807, 2.05) is 12.1 Å². The van der Waals surface area contributed by atoms with Gasteiger partial charge in [-0.1, -0.05) is 30.3 Å². The van der Waals surface area contributed by atoms with Crippen LogP contribution < -0.4 is 0 Å². The second-order valence-corrected chi connectivity index (χ2v) is 9.59. The average Bonchev–Trinajstić information content (AvgIpc) is 2.97. The molecule has 0 saturated carbocycles. The number of nitrogens with zero attached hydrogens (tertiary/aromatic N) is 1. The standard InChI is InChI=1S/C16H17NO7S2/c1-25(20,21)24-13-9-15(16(18)19)17(10-13)26(22,23)14-7-6-11-4-2-3-5-12(11)8-14/h2-8,13,15H,9-10H2,1H3,(H,18,19)/t13-,15-/m0/s1. The molecular formula is C16H17NO7S2. The molecule has 0 aliphatic carbocycles. The molecule has 10 heteroatoms. The summed E-state index contributed by atoms with van der Waals surface area (Å²) in [6.45, 7) is -0.348. The molecule has 0 spiro atoms. The van der Waals surface area contributed by atoms with Crippen molar-refractivity contribution < 1.29 is 30.9 Å². The molecule has 1 saturated heterocycles. The fourth-order valence-electron chi connectivity index (χ4n) is 3.04. The van der Waals surface area contributed by atoms with Gasteiger partial charge in [0.25, 0.3) is 10.1 Å². The van der Waals surface area contributed by atoms with E-state index in [9.17, 15) is 26.7 Å². The van der Waals surface area contributed by atoms with Crippen LogP contribution in [0.1, 0.15) is 6.42 Å². The number of hydrogen-bond acceptors (Lipinski definition) is 6. The molecule has 2 aromatic carbocycles. The van der Waals surface area contributed by atoms with E-state index in [2.05, 4.69) is 0 Å². The Morgan fingerprint density at radius 3 is 2.38 bits per heavy atom. The summed E-state index contributed by atoms with van der Waals surface area (Å²) in [6.07, 6.45) is -0.445. The monoisotopic (exact) mass is 399 g/mol. The molecule has 3 rings (SSSR count). The van der Waals surface area contributed by atoms with Gasteiger partial charge in [-0.15, -0.1) is 0 Å². The first kappa shape index (κ1) is 18.8. The van der Waals surface area contributed by atoms with Gasteiger partial charge in [0.15, 0.2) is 0 Å². The molecule has 1 heterocycles. The van der Waals surface area contributed by atoms with Crippen molar-refractivity contribution in [3.8, 4) is 0 Å². The highest BCUT2D eigenvalue weighted by Gasteiger charge is 2.45. The average molecular weight is 399 g/mol. The first-order valence-electron chi connectivity index (χ1n) is 7.69. The normalized spacial score (nSPS) is 21.9. The summed E-state index contributed by atoms with van der Waals surface area (Å²) < 4.78 is 54.1. The maximum absolute atomic E-state index is 13.0. The van der Waals surface area contributed by atoms with Gasteiger partial charge in [-0.2, -0.15) is 12.7 Å². The molecule has 0 amide bonds. The predicted molar refractivity (Wildman–Crippen MR) is 93.6 cm³/mol. The minimum atomic E-state index is -4.14. The summed E-state index contributed by atoms with van der Waals surface area (Å²) in [7, 11) is -7.97. The lowest BCUT2D eigenvalue weighted by Crippen LogP contribution is -2.40. The van der Waals surface area contributed by atoms with Crippen LogP contribution in [0.25, 0.3) is 10.8 Å². The Labute approximate surface area is 151 Å². The van der Waals surface area contributed by atoms with Crippen LogP contribution in [0.2, 0.25) is 0 Å². The smallest absolute Gasteiger partial charge is 0.322 e. The second kappa shape index (κ2) is 6.62. The number of rotatable bonds is 5. The zero-order chi connectivity index (χ0) is 19.1. The highest BCUT2D eigenvalue weighted by atomic mass is 32.2. The molecule has 0 unspecified atom stereocenters. The molecule has 1 aliphatic heterocycles. The number of carboxylic acids is 1. The van der Waals surface area contributed by atoms with Gasteiger partial charge in [-0.05, 0) is 22.9 Å². The number of hydrogen-bond donors (Lipinski definition) is 1. The lowest BCUT2D eigenvalue weighted by molar-refractivity contribution is -0.140. The van der Waals surface area contributed by atoms with E-state index >= 15 is 0 Å². The Morgan fingerprint density at radius 1 is 1.12 bits per heavy atom. The predicted octanol–water partition coefficient (Wildman–Crippen LogP) is 1.03. The fraction of sp³-hybridized carbons (Fsp3) is 0.312. The third-order valence-corrected chi connectivity index (χ3v) is 6.63. The number of carboxylic acid groups (broad SMARTS) is 1. The lowest BCUT2D eigenvalue weighted by atomic mass is 10.1. The van der Waals surface area contributed by atoms with Gasteiger partial charge in [0.05, 0.1) is 17.3 Å². The van der Waals surface area contributed by atoms with Gasteiger partial charge in [0.1, 0.15) is 6.04 Å². The first-order chi connectivity index (χ1) is 12.1. The summed E-state index contributed by atoms with van der Waals surface area (Å²) >= 11 is 0. The van der Waals surface area contributed by atoms with Crippen LogP contribution in [0.4, 0.5) is 0 Å². The zero-order valence-corrected chi connectivity index (χ0v) is 15.4. The topological polar surface area (TPSA) is 118 Å². The quantitative estimate of drug-likeness (QED) is 0.746. The molecule has 0 bridgehead atoms. The number of sulfonamides is 1. The van der Waals surface area contributed by atoms with E-state index in [0.29, 0.717) is 5.39 Å². The largest absolute Gasteiger partial charge is 0.480 e. The highest BCUT2D eigenvalue weighted by molar-refractivity contribution is 7.89. The lowest BCUT2D eigenvalue weighted by Gasteiger charge is -2.21. The van der Waals surface area contributed by atoms with Gasteiger partial charge in [0, 0.05) is 13.0 Å². The zero-order valence-electron chi connectivity index (χ0n) is 13.8. The van der Waals surface area contributed by atoms with Crippen molar-refractivity contribution >= 4 is 36.9 Å². The minimum absolute atomic E-state index is 0.0533. The van der Waals surface area contributed by atoms with Gasteiger partial charge >= 0.3 is 5.97 Å². The maximum Gasteiger partial charge on any atom is 0.322 e. The van der Waals surface area contributed by atoms with Crippen molar-refractivity contribution in [2.75, 3.05) is 12.8 Å². The molecule has 0 aromatic heterocycles. The molecule has 2 atom stereocenters. The maximum atomic E-state index is 13.0. The van der Waals surface area contributed by atoms with Gasteiger partial charge < -0.3 is 5.11 Å². The van der Waals surface area contributed by atoms with E-state index in [1.54, 1.807) is 18.2 Å². The van der Waals surface area contributed by atoms with Crippen molar-refractivity contribution in [2.45, 2.75) is 23.5 Å². The molecule has 1 fully saturated rings. The van der Waals surface area contributed by atoms with Crippen molar-refractivity contribution in [3.05, 3.63) is 42.5 Å². The second-order valence-electron chi connectivity index (χ2n) is 6.10. The van der Waals surface area contributed by atoms with Crippen LogP contribution in [0.15, 0.2) is 47.4 Å². The summed E-state index contributed by atoms with van der Waals surface area (Å²) in [6, 6.07) is 10.3. The first-order valence-corrected chi connectivity index (χ1v) is 11.0. The Kier molecular flexibility index (Phi) is 4.78. The van der Waals surface area contributed by atoms with Gasteiger partial charge in [-0.3, -0.25) is 8.98 Å². The van der Waals surface area contributed by atoms with Crippen LogP contribution in [0, 0.1) is 0 Å². The third kappa shape index (κ3) is 3.73. The fourth-order valence-corrected chi connectivity index (χ4v) is 5.33. The van der Waals surface area contributed by atoms with Crippen LogP contribution >= 0.6 is 0 Å². The van der Waals surface area contributed by atoms with E-state index in [-0.39, 0.29) is 17.9 Å². The molecule has 140 valence electrons. The number of benzene rings is 2. The summed E-state index contributed by atoms with van der Waals surface area (Å²) in [5.41, 5.74) is 0. The van der Waals surface area contributed by atoms with Crippen LogP contribution in [-0.4, -0.2) is 57.2 Å². The van der Waals surface area contributed by atoms with Crippen molar-refractivity contribution in [1.82, 2.24) is 4.31 Å². The molecule has 1 aliphatic rings. The summed E-state index contributed by atoms with van der Waals surface area (Å²) in [5, 5.41) is 10.9. The summed E-state index contributed by atoms with van der Waals surface area (Å²) in [4.78, 5) is 11.4. The van der Waals surface area contributed by atoms with E-state index in [4.69, 9.17) is 4.18 Å². The molecular weight excluding hydrogens is 382 g/mol. The van der Waals surface area contributed by atoms with E-state index < -0.39 is 38.3 Å². The summed E-state index contributed by atoms with van der Waals surface area (Å²) in [5.74, 6) is -1.35. The Morgan fingerprint density at radius 2 is 1.77 bits per heavy atom. The molecule has 1 N–H and O–H groups in total. The van der Waals surface area contributed by atoms with Gasteiger partial charge in [0.2, 0.25) is 10.0 Å². The highest BCUT2D eigenvalue weighted by Crippen LogP contribution is 2.30. The Balaban J connectivity index is 1.98. The molecule has 0 radical (unpaired) electrons. The number of carbonyl (C=O) groups is 1. The van der Waals surface area contributed by atoms with E-state index in [0.717, 1.165) is 15.9 Å². The Hall–Kier alpha value is -2.01. The van der Waals surface area contributed by atoms with Crippen molar-refractivity contribution in [3.63, 3.8) is 0 Å². The molecule has 8 nitrogen and oxygen atoms in total. The van der Waals surface area contributed by atoms with Crippen molar-refractivity contribution in [1.29, 1.82) is 0 Å². The van der Waals surface area contributed by atoms with Crippen molar-refractivity contribution in [2.24, 2.45) is 0 Å². The third-order valence-electron chi connectivity index (χ3n) is 4.14. The number of aliphatic carboxylic acids is 1. The molecule has 26 heavy (non-hydrogen) atoms. The van der Waals surface area contributed by atoms with Crippen LogP contribution in [0.3, 0.4) is 0 Å². The van der Waals surface area contributed by atoms with Crippen LogP contribution in [-0.2, 0) is 29.1 Å². The number of fused-ring (bicyclic) bond motifs is 1. The van der Waals surface area contributed by atoms with Gasteiger partial charge in [-0.25, -0.2) is 8.42 Å². The van der Waals surface area contributed by atoms with Crippen LogP contribution in [0.5, 0.6) is 0 Å². The van der Waals surface area contributed by atoms with E-state index in [1.165, 1.54) is 12.1 Å². The SMILES string of the molecule is CS(=O)(=O)O[C@H]1C[C@@H](C(=O)O)N(S(=O)(=O)c2ccc3ccccc3c2)C1. The minimum Gasteiger partial charge on any atom is -0.480 e.